The summed E-state index contributed by atoms with van der Waals surface area (Å²) in [6.07, 6.45) is 3.22. The second-order valence-corrected chi connectivity index (χ2v) is 5.68. The Morgan fingerprint density at radius 3 is 2.86 bits per heavy atom. The van der Waals surface area contributed by atoms with Crippen molar-refractivity contribution in [1.82, 2.24) is 4.90 Å². The van der Waals surface area contributed by atoms with Crippen LogP contribution in [0.15, 0.2) is 18.2 Å². The zero-order chi connectivity index (χ0) is 15.4. The minimum Gasteiger partial charge on any atom is -0.333 e. The predicted molar refractivity (Wildman–Crippen MR) is 86.1 cm³/mol. The van der Waals surface area contributed by atoms with E-state index in [0.717, 1.165) is 36.0 Å². The summed E-state index contributed by atoms with van der Waals surface area (Å²) in [5.41, 5.74) is 8.05. The van der Waals surface area contributed by atoms with Crippen LogP contribution in [-0.2, 0) is 0 Å². The molecule has 0 aliphatic carbocycles. The molecule has 0 spiro atoms. The fraction of sp³-hybridized carbons (Fsp3) is 0.500. The predicted octanol–water partition coefficient (Wildman–Crippen LogP) is 2.71. The van der Waals surface area contributed by atoms with E-state index in [2.05, 4.69) is 30.6 Å². The van der Waals surface area contributed by atoms with Crippen LogP contribution in [-0.4, -0.2) is 29.4 Å². The molecule has 1 fully saturated rings. The highest BCUT2D eigenvalue weighted by molar-refractivity contribution is 5.96. The highest BCUT2D eigenvalue weighted by Gasteiger charge is 2.34. The van der Waals surface area contributed by atoms with Crippen LogP contribution < -0.4 is 5.73 Å². The van der Waals surface area contributed by atoms with Gasteiger partial charge in [0.2, 0.25) is 0 Å². The normalized spacial score (nSPS) is 21.0. The third-order valence-corrected chi connectivity index (χ3v) is 4.38. The number of amides is 1. The number of hydrogen-bond donors (Lipinski definition) is 1. The largest absolute Gasteiger partial charge is 0.333 e. The molecule has 1 aromatic rings. The van der Waals surface area contributed by atoms with E-state index in [-0.39, 0.29) is 5.91 Å². The molecular weight excluding hydrogens is 260 g/mol. The van der Waals surface area contributed by atoms with Gasteiger partial charge in [-0.15, -0.1) is 0 Å². The van der Waals surface area contributed by atoms with Crippen molar-refractivity contribution in [3.05, 3.63) is 34.9 Å². The Kier molecular flexibility index (Phi) is 5.03. The van der Waals surface area contributed by atoms with E-state index in [9.17, 15) is 4.79 Å². The summed E-state index contributed by atoms with van der Waals surface area (Å²) in [6.45, 7) is 6.59. The van der Waals surface area contributed by atoms with Gasteiger partial charge in [0.25, 0.3) is 5.91 Å². The SMILES string of the molecule is CCC1CCC(C)N1C(=O)c1cccc(C#CCN)c1C. The topological polar surface area (TPSA) is 46.3 Å². The number of nitrogens with two attached hydrogens (primary N) is 1. The summed E-state index contributed by atoms with van der Waals surface area (Å²) < 4.78 is 0. The highest BCUT2D eigenvalue weighted by Crippen LogP contribution is 2.29. The first-order valence-corrected chi connectivity index (χ1v) is 7.71. The number of carbonyl (C=O) groups is 1. The Morgan fingerprint density at radius 2 is 2.19 bits per heavy atom. The molecule has 1 aliphatic rings. The maximum atomic E-state index is 12.9. The van der Waals surface area contributed by atoms with Crippen molar-refractivity contribution >= 4 is 5.91 Å². The van der Waals surface area contributed by atoms with Crippen molar-refractivity contribution in [3.8, 4) is 11.8 Å². The number of likely N-dealkylation sites (tertiary alicyclic amines) is 1. The summed E-state index contributed by atoms with van der Waals surface area (Å²) in [7, 11) is 0. The average Bonchev–Trinajstić information content (AvgIpc) is 2.86. The average molecular weight is 284 g/mol. The minimum atomic E-state index is 0.140. The second kappa shape index (κ2) is 6.78. The quantitative estimate of drug-likeness (QED) is 0.849. The lowest BCUT2D eigenvalue weighted by Crippen LogP contribution is -2.40. The van der Waals surface area contributed by atoms with Crippen LogP contribution in [0.25, 0.3) is 0 Å². The van der Waals surface area contributed by atoms with Gasteiger partial charge in [0.05, 0.1) is 6.54 Å². The van der Waals surface area contributed by atoms with Gasteiger partial charge in [-0.3, -0.25) is 4.79 Å². The number of nitrogens with zero attached hydrogens (tertiary/aromatic N) is 1. The van der Waals surface area contributed by atoms with E-state index >= 15 is 0 Å². The van der Waals surface area contributed by atoms with Gasteiger partial charge in [0, 0.05) is 23.2 Å². The van der Waals surface area contributed by atoms with Crippen LogP contribution in [0, 0.1) is 18.8 Å². The van der Waals surface area contributed by atoms with Crippen LogP contribution in [0.2, 0.25) is 0 Å². The van der Waals surface area contributed by atoms with Crippen molar-refractivity contribution < 1.29 is 4.79 Å². The number of benzene rings is 1. The van der Waals surface area contributed by atoms with E-state index in [4.69, 9.17) is 5.73 Å². The first-order chi connectivity index (χ1) is 10.1. The van der Waals surface area contributed by atoms with Gasteiger partial charge < -0.3 is 10.6 Å². The van der Waals surface area contributed by atoms with Gasteiger partial charge >= 0.3 is 0 Å². The number of hydrogen-bond acceptors (Lipinski definition) is 2. The fourth-order valence-corrected chi connectivity index (χ4v) is 3.13. The Morgan fingerprint density at radius 1 is 1.43 bits per heavy atom. The van der Waals surface area contributed by atoms with Gasteiger partial charge in [-0.05, 0) is 50.8 Å². The molecule has 2 unspecified atom stereocenters. The second-order valence-electron chi connectivity index (χ2n) is 5.68. The van der Waals surface area contributed by atoms with Crippen LogP contribution in [0.5, 0.6) is 0 Å². The van der Waals surface area contributed by atoms with E-state index < -0.39 is 0 Å². The molecule has 1 amide bonds. The molecule has 1 aromatic carbocycles. The molecule has 0 aromatic heterocycles. The maximum absolute atomic E-state index is 12.9. The van der Waals surface area contributed by atoms with Gasteiger partial charge in [0.1, 0.15) is 0 Å². The van der Waals surface area contributed by atoms with Crippen LogP contribution in [0.1, 0.15) is 54.6 Å². The third-order valence-electron chi connectivity index (χ3n) is 4.38. The standard InChI is InChI=1S/C18H24N2O/c1-4-16-11-10-13(2)20(16)18(21)17-9-5-7-15(14(17)3)8-6-12-19/h5,7,9,13,16H,4,10-12,19H2,1-3H3. The van der Waals surface area contributed by atoms with Crippen LogP contribution in [0.4, 0.5) is 0 Å². The Hall–Kier alpha value is -1.79. The summed E-state index contributed by atoms with van der Waals surface area (Å²) in [5.74, 6) is 6.05. The number of rotatable bonds is 2. The van der Waals surface area contributed by atoms with E-state index in [1.807, 2.05) is 25.1 Å². The maximum Gasteiger partial charge on any atom is 0.254 e. The molecule has 1 saturated heterocycles. The molecule has 0 bridgehead atoms. The van der Waals surface area contributed by atoms with Gasteiger partial charge in [0.15, 0.2) is 0 Å². The van der Waals surface area contributed by atoms with Crippen molar-refractivity contribution in [2.75, 3.05) is 6.54 Å². The Bertz CT molecular complexity index is 583. The molecule has 1 heterocycles. The van der Waals surface area contributed by atoms with Crippen molar-refractivity contribution in [1.29, 1.82) is 0 Å². The molecule has 0 radical (unpaired) electrons. The summed E-state index contributed by atoms with van der Waals surface area (Å²) in [6, 6.07) is 6.44. The molecule has 2 rings (SSSR count). The Balaban J connectivity index is 2.35. The molecule has 2 atom stereocenters. The molecule has 1 aliphatic heterocycles. The van der Waals surface area contributed by atoms with Gasteiger partial charge in [-0.1, -0.05) is 24.8 Å². The Labute approximate surface area is 127 Å². The number of carbonyl (C=O) groups excluding carboxylic acids is 1. The molecule has 112 valence electrons. The first kappa shape index (κ1) is 15.6. The molecular formula is C18H24N2O. The fourth-order valence-electron chi connectivity index (χ4n) is 3.13. The summed E-state index contributed by atoms with van der Waals surface area (Å²) in [4.78, 5) is 15.0. The highest BCUT2D eigenvalue weighted by atomic mass is 16.2. The minimum absolute atomic E-state index is 0.140. The van der Waals surface area contributed by atoms with Crippen molar-refractivity contribution in [2.45, 2.75) is 52.1 Å². The van der Waals surface area contributed by atoms with Crippen LogP contribution >= 0.6 is 0 Å². The molecule has 3 nitrogen and oxygen atoms in total. The lowest BCUT2D eigenvalue weighted by molar-refractivity contribution is 0.0675. The van der Waals surface area contributed by atoms with Crippen molar-refractivity contribution in [2.24, 2.45) is 5.73 Å². The lowest BCUT2D eigenvalue weighted by atomic mass is 10.0. The zero-order valence-corrected chi connectivity index (χ0v) is 13.1. The molecule has 0 saturated carbocycles. The van der Waals surface area contributed by atoms with Gasteiger partial charge in [-0.25, -0.2) is 0 Å². The molecule has 3 heteroatoms. The van der Waals surface area contributed by atoms with E-state index in [0.29, 0.717) is 18.6 Å². The third kappa shape index (κ3) is 3.11. The van der Waals surface area contributed by atoms with Crippen molar-refractivity contribution in [3.63, 3.8) is 0 Å². The smallest absolute Gasteiger partial charge is 0.254 e. The molecule has 21 heavy (non-hydrogen) atoms. The zero-order valence-electron chi connectivity index (χ0n) is 13.1. The summed E-state index contributed by atoms with van der Waals surface area (Å²) >= 11 is 0. The van der Waals surface area contributed by atoms with E-state index in [1.54, 1.807) is 0 Å². The van der Waals surface area contributed by atoms with E-state index in [1.165, 1.54) is 0 Å². The first-order valence-electron chi connectivity index (χ1n) is 7.71. The summed E-state index contributed by atoms with van der Waals surface area (Å²) in [5, 5.41) is 0. The van der Waals surface area contributed by atoms with Crippen LogP contribution in [0.3, 0.4) is 0 Å². The monoisotopic (exact) mass is 284 g/mol. The van der Waals surface area contributed by atoms with Gasteiger partial charge in [-0.2, -0.15) is 0 Å². The molecule has 2 N–H and O–H groups in total. The lowest BCUT2D eigenvalue weighted by Gasteiger charge is -2.28.